The van der Waals surface area contributed by atoms with Crippen molar-refractivity contribution >= 4 is 23.2 Å². The van der Waals surface area contributed by atoms with Crippen molar-refractivity contribution in [3.05, 3.63) is 23.0 Å². The van der Waals surface area contributed by atoms with Crippen LogP contribution in [-0.4, -0.2) is 12.0 Å². The minimum Gasteiger partial charge on any atom is -0.477 e. The molecule has 0 aliphatic carbocycles. The summed E-state index contributed by atoms with van der Waals surface area (Å²) in [6, 6.07) is 2.32. The molecule has 0 spiro atoms. The average molecular weight is 216 g/mol. The van der Waals surface area contributed by atoms with E-state index in [1.54, 1.807) is 6.92 Å². The Labute approximate surface area is 84.8 Å². The molecule has 0 radical (unpaired) electrons. The molecular formula is C9H7ClFNO2. The Morgan fingerprint density at radius 2 is 2.29 bits per heavy atom. The molecule has 14 heavy (non-hydrogen) atoms. The maximum Gasteiger partial charge on any atom is 0.265 e. The number of anilines is 1. The summed E-state index contributed by atoms with van der Waals surface area (Å²) in [5, 5.41) is 2.66. The quantitative estimate of drug-likeness (QED) is 0.721. The number of ether oxygens (including phenoxy) is 1. The first kappa shape index (κ1) is 9.27. The SMILES string of the molecule is CC1Oc2c(Cl)cc(F)cc2NC1=O. The van der Waals surface area contributed by atoms with Gasteiger partial charge >= 0.3 is 0 Å². The van der Waals surface area contributed by atoms with E-state index in [2.05, 4.69) is 5.32 Å². The summed E-state index contributed by atoms with van der Waals surface area (Å²) in [4.78, 5) is 11.2. The second kappa shape index (κ2) is 3.13. The molecule has 5 heteroatoms. The molecule has 0 aromatic heterocycles. The van der Waals surface area contributed by atoms with E-state index in [-0.39, 0.29) is 16.6 Å². The second-order valence-electron chi connectivity index (χ2n) is 3.01. The highest BCUT2D eigenvalue weighted by Crippen LogP contribution is 2.37. The van der Waals surface area contributed by atoms with Crippen LogP contribution in [0.4, 0.5) is 10.1 Å². The van der Waals surface area contributed by atoms with Gasteiger partial charge in [-0.25, -0.2) is 4.39 Å². The van der Waals surface area contributed by atoms with Gasteiger partial charge in [0.15, 0.2) is 11.9 Å². The number of hydrogen-bond acceptors (Lipinski definition) is 2. The van der Waals surface area contributed by atoms with E-state index in [4.69, 9.17) is 16.3 Å². The molecule has 0 fully saturated rings. The first-order valence-corrected chi connectivity index (χ1v) is 4.42. The van der Waals surface area contributed by atoms with Crippen molar-refractivity contribution in [3.63, 3.8) is 0 Å². The fourth-order valence-electron chi connectivity index (χ4n) is 1.24. The summed E-state index contributed by atoms with van der Waals surface area (Å²) >= 11 is 5.74. The zero-order valence-corrected chi connectivity index (χ0v) is 8.06. The molecule has 1 N–H and O–H groups in total. The lowest BCUT2D eigenvalue weighted by atomic mass is 10.2. The number of nitrogens with one attached hydrogen (secondary N) is 1. The summed E-state index contributed by atoms with van der Waals surface area (Å²) in [6.45, 7) is 1.60. The normalized spacial score (nSPS) is 19.6. The summed E-state index contributed by atoms with van der Waals surface area (Å²) in [6.07, 6.45) is -0.606. The van der Waals surface area contributed by atoms with Gasteiger partial charge in [-0.1, -0.05) is 11.6 Å². The zero-order valence-electron chi connectivity index (χ0n) is 7.30. The highest BCUT2D eigenvalue weighted by Gasteiger charge is 2.25. The molecule has 0 bridgehead atoms. The van der Waals surface area contributed by atoms with E-state index in [0.29, 0.717) is 5.75 Å². The largest absolute Gasteiger partial charge is 0.477 e. The highest BCUT2D eigenvalue weighted by atomic mass is 35.5. The van der Waals surface area contributed by atoms with Gasteiger partial charge in [-0.05, 0) is 13.0 Å². The standard InChI is InChI=1S/C9H7ClFNO2/c1-4-9(13)12-7-3-5(11)2-6(10)8(7)14-4/h2-4H,1H3,(H,12,13). The van der Waals surface area contributed by atoms with E-state index in [1.165, 1.54) is 6.07 Å². The molecule has 1 aliphatic rings. The highest BCUT2D eigenvalue weighted by molar-refractivity contribution is 6.32. The Hall–Kier alpha value is -1.29. The third-order valence-electron chi connectivity index (χ3n) is 1.93. The number of rotatable bonds is 0. The topological polar surface area (TPSA) is 38.3 Å². The van der Waals surface area contributed by atoms with Crippen LogP contribution in [0.1, 0.15) is 6.92 Å². The van der Waals surface area contributed by atoms with Crippen molar-refractivity contribution in [3.8, 4) is 5.75 Å². The number of hydrogen-bond donors (Lipinski definition) is 1. The van der Waals surface area contributed by atoms with Gasteiger partial charge in [0.2, 0.25) is 0 Å². The summed E-state index contributed by atoms with van der Waals surface area (Å²) in [5.41, 5.74) is 0.276. The third kappa shape index (κ3) is 1.42. The number of carbonyl (C=O) groups excluding carboxylic acids is 1. The van der Waals surface area contributed by atoms with Crippen LogP contribution >= 0.6 is 11.6 Å². The number of benzene rings is 1. The first-order valence-electron chi connectivity index (χ1n) is 4.04. The first-order chi connectivity index (χ1) is 6.58. The Balaban J connectivity index is 2.51. The summed E-state index contributed by atoms with van der Waals surface area (Å²) < 4.78 is 18.1. The van der Waals surface area contributed by atoms with E-state index in [9.17, 15) is 9.18 Å². The molecule has 2 rings (SSSR count). The second-order valence-corrected chi connectivity index (χ2v) is 3.42. The summed E-state index contributed by atoms with van der Waals surface area (Å²) in [7, 11) is 0. The molecule has 0 saturated carbocycles. The minimum absolute atomic E-state index is 0.159. The molecule has 1 atom stereocenters. The van der Waals surface area contributed by atoms with Crippen molar-refractivity contribution in [1.82, 2.24) is 0 Å². The van der Waals surface area contributed by atoms with Gasteiger partial charge in [-0.2, -0.15) is 0 Å². The van der Waals surface area contributed by atoms with Crippen LogP contribution in [-0.2, 0) is 4.79 Å². The molecule has 0 saturated heterocycles. The lowest BCUT2D eigenvalue weighted by Gasteiger charge is -2.23. The van der Waals surface area contributed by atoms with E-state index in [1.807, 2.05) is 0 Å². The average Bonchev–Trinajstić information content (AvgIpc) is 2.08. The fraction of sp³-hybridized carbons (Fsp3) is 0.222. The van der Waals surface area contributed by atoms with Crippen LogP contribution in [0.25, 0.3) is 0 Å². The monoisotopic (exact) mass is 215 g/mol. The molecule has 1 amide bonds. The van der Waals surface area contributed by atoms with E-state index >= 15 is 0 Å². The van der Waals surface area contributed by atoms with Crippen LogP contribution in [0.15, 0.2) is 12.1 Å². The number of amides is 1. The van der Waals surface area contributed by atoms with Crippen LogP contribution in [0.3, 0.4) is 0 Å². The molecule has 1 unspecified atom stereocenters. The van der Waals surface area contributed by atoms with Gasteiger partial charge in [-0.3, -0.25) is 4.79 Å². The fourth-order valence-corrected chi connectivity index (χ4v) is 1.49. The Morgan fingerprint density at radius 3 is 3.00 bits per heavy atom. The third-order valence-corrected chi connectivity index (χ3v) is 2.21. The lowest BCUT2D eigenvalue weighted by Crippen LogP contribution is -2.34. The van der Waals surface area contributed by atoms with Crippen LogP contribution in [0.2, 0.25) is 5.02 Å². The predicted octanol–water partition coefficient (Wildman–Crippen LogP) is 2.20. The van der Waals surface area contributed by atoms with Gasteiger partial charge < -0.3 is 10.1 Å². The molecule has 1 aliphatic heterocycles. The number of fused-ring (bicyclic) bond motifs is 1. The lowest BCUT2D eigenvalue weighted by molar-refractivity contribution is -0.122. The predicted molar refractivity (Wildman–Crippen MR) is 50.1 cm³/mol. The molecule has 74 valence electrons. The molecule has 1 heterocycles. The van der Waals surface area contributed by atoms with Crippen molar-refractivity contribution in [2.24, 2.45) is 0 Å². The van der Waals surface area contributed by atoms with Gasteiger partial charge in [0.25, 0.3) is 5.91 Å². The zero-order chi connectivity index (χ0) is 10.3. The minimum atomic E-state index is -0.606. The van der Waals surface area contributed by atoms with Gasteiger partial charge in [0, 0.05) is 6.07 Å². The Kier molecular flexibility index (Phi) is 2.07. The van der Waals surface area contributed by atoms with Crippen LogP contribution in [0, 0.1) is 5.82 Å². The number of carbonyl (C=O) groups is 1. The van der Waals surface area contributed by atoms with Crippen molar-refractivity contribution < 1.29 is 13.9 Å². The van der Waals surface area contributed by atoms with E-state index in [0.717, 1.165) is 6.07 Å². The summed E-state index contributed by atoms with van der Waals surface area (Å²) in [5.74, 6) is -0.494. The Bertz CT molecular complexity index is 408. The van der Waals surface area contributed by atoms with Gasteiger partial charge in [0.05, 0.1) is 10.7 Å². The maximum absolute atomic E-state index is 12.9. The van der Waals surface area contributed by atoms with Crippen LogP contribution < -0.4 is 10.1 Å². The van der Waals surface area contributed by atoms with Gasteiger partial charge in [0.1, 0.15) is 5.82 Å². The smallest absolute Gasteiger partial charge is 0.265 e. The Morgan fingerprint density at radius 1 is 1.57 bits per heavy atom. The van der Waals surface area contributed by atoms with Crippen molar-refractivity contribution in [2.45, 2.75) is 13.0 Å². The molecule has 3 nitrogen and oxygen atoms in total. The van der Waals surface area contributed by atoms with Crippen LogP contribution in [0.5, 0.6) is 5.75 Å². The van der Waals surface area contributed by atoms with Gasteiger partial charge in [-0.15, -0.1) is 0 Å². The van der Waals surface area contributed by atoms with Crippen molar-refractivity contribution in [1.29, 1.82) is 0 Å². The van der Waals surface area contributed by atoms with E-state index < -0.39 is 11.9 Å². The maximum atomic E-state index is 12.9. The molecular weight excluding hydrogens is 209 g/mol. The van der Waals surface area contributed by atoms with Crippen molar-refractivity contribution in [2.75, 3.05) is 5.32 Å². The number of halogens is 2. The molecule has 1 aromatic rings. The molecule has 1 aromatic carbocycles.